The quantitative estimate of drug-likeness (QED) is 0.172. The number of hydrogen-bond donors (Lipinski definition) is 2. The molecule has 2 atom stereocenters. The number of rotatable bonds is 6. The normalized spacial score (nSPS) is 21.4. The number of furan rings is 2. The van der Waals surface area contributed by atoms with Gasteiger partial charge < -0.3 is 38.8 Å². The predicted molar refractivity (Wildman–Crippen MR) is 130 cm³/mol. The number of aromatic carboxylic acids is 2. The van der Waals surface area contributed by atoms with Crippen molar-refractivity contribution in [1.82, 2.24) is 9.80 Å². The average molecular weight is 630 g/mol. The Morgan fingerprint density at radius 2 is 1.07 bits per heavy atom. The summed E-state index contributed by atoms with van der Waals surface area (Å²) >= 11 is 2.34. The van der Waals surface area contributed by atoms with E-state index in [2.05, 4.69) is 0 Å². The zero-order valence-electron chi connectivity index (χ0n) is 21.5. The fourth-order valence-corrected chi connectivity index (χ4v) is 6.14. The number of carbonyl (C=O) groups is 6. The molecule has 2 amide bonds. The number of carbonyl (C=O) groups excluding carboxylic acids is 4. The van der Waals surface area contributed by atoms with Crippen LogP contribution < -0.4 is 69.3 Å². The first-order chi connectivity index (χ1) is 19.0. The Balaban J connectivity index is 0.000000220. The molecule has 0 spiro atoms. The molecule has 0 radical (unpaired) electrons. The molecule has 42 heavy (non-hydrogen) atoms. The first kappa shape index (κ1) is 33.5. The molecule has 18 heteroatoms. The molecular weight excluding hydrogens is 618 g/mol. The van der Waals surface area contributed by atoms with Gasteiger partial charge in [0.25, 0.3) is 11.8 Å². The van der Waals surface area contributed by atoms with Crippen molar-refractivity contribution in [3.05, 3.63) is 80.7 Å². The van der Waals surface area contributed by atoms with E-state index in [1.54, 1.807) is 0 Å². The number of aliphatic carboxylic acids is 2. The molecule has 0 aliphatic carbocycles. The van der Waals surface area contributed by atoms with E-state index in [0.29, 0.717) is 11.1 Å². The summed E-state index contributed by atoms with van der Waals surface area (Å²) in [6, 6.07) is 5.42. The molecule has 6 rings (SSSR count). The molecule has 2 aromatic rings. The fraction of sp³-hybridized carbons (Fsp3) is 0.0833. The van der Waals surface area contributed by atoms with Gasteiger partial charge in [-0.1, -0.05) is 0 Å². The Hall–Kier alpha value is -2.96. The number of hydrogen-bond acceptors (Lipinski definition) is 12. The molecule has 2 fully saturated rings. The van der Waals surface area contributed by atoms with Gasteiger partial charge in [-0.25, -0.2) is 9.59 Å². The van der Waals surface area contributed by atoms with Crippen molar-refractivity contribution in [3.8, 4) is 0 Å². The van der Waals surface area contributed by atoms with Crippen LogP contribution >= 0.6 is 23.5 Å². The van der Waals surface area contributed by atoms with Crippen molar-refractivity contribution in [1.29, 1.82) is 0 Å². The number of nitrogens with zero attached hydrogens (tertiary/aromatic N) is 2. The van der Waals surface area contributed by atoms with E-state index in [1.165, 1.54) is 70.8 Å². The number of carboxylic acid groups (broad SMARTS) is 4. The van der Waals surface area contributed by atoms with Crippen LogP contribution in [0, 0.1) is 0 Å². The van der Waals surface area contributed by atoms with Crippen molar-refractivity contribution in [2.24, 2.45) is 0 Å². The molecule has 2 aromatic heterocycles. The van der Waals surface area contributed by atoms with Crippen LogP contribution in [0.3, 0.4) is 0 Å². The summed E-state index contributed by atoms with van der Waals surface area (Å²) in [5.74, 6) is -6.12. The third-order valence-electron chi connectivity index (χ3n) is 5.76. The second kappa shape index (κ2) is 13.1. The van der Waals surface area contributed by atoms with Gasteiger partial charge in [0.05, 0.1) is 34.5 Å². The van der Waals surface area contributed by atoms with Crippen LogP contribution in [0.5, 0.6) is 0 Å². The maximum absolute atomic E-state index is 11.9. The van der Waals surface area contributed by atoms with Crippen LogP contribution in [-0.4, -0.2) is 66.5 Å². The Morgan fingerprint density at radius 3 is 1.36 bits per heavy atom. The summed E-state index contributed by atoms with van der Waals surface area (Å²) in [6.07, 6.45) is 2.82. The molecule has 0 bridgehead atoms. The molecule has 6 heterocycles. The number of amides is 2. The van der Waals surface area contributed by atoms with Gasteiger partial charge in [0, 0.05) is 0 Å². The van der Waals surface area contributed by atoms with Crippen molar-refractivity contribution < 1.29 is 117 Å². The first-order valence-corrected chi connectivity index (χ1v) is 12.8. The minimum absolute atomic E-state index is 0. The number of fused-ring (bicyclic) bond motifs is 2. The van der Waals surface area contributed by atoms with Crippen molar-refractivity contribution >= 4 is 71.4 Å². The molecule has 4 aliphatic heterocycles. The van der Waals surface area contributed by atoms with E-state index in [0.717, 1.165) is 9.80 Å². The van der Waals surface area contributed by atoms with Crippen LogP contribution in [0.25, 0.3) is 12.2 Å². The molecule has 2 N–H and O–H groups in total. The zero-order valence-corrected chi connectivity index (χ0v) is 27.1. The van der Waals surface area contributed by atoms with Crippen molar-refractivity contribution in [2.75, 3.05) is 0 Å². The predicted octanol–water partition coefficient (Wildman–Crippen LogP) is -6.26. The monoisotopic (exact) mass is 630 g/mol. The molecule has 0 unspecified atom stereocenters. The van der Waals surface area contributed by atoms with Crippen LogP contribution in [0.1, 0.15) is 32.6 Å². The zero-order chi connectivity index (χ0) is 28.9. The van der Waals surface area contributed by atoms with E-state index in [-0.39, 0.29) is 93.5 Å². The standard InChI is InChI=1S/2C12H7NO6S.2Na/c2*14-9-6(3-5-1-2-8(19-5)12(17)18)10-13(9)7(4-20-10)11(15)16;;/h2*1-4,10H,(H,15,16)(H,17,18);;/q;;2*+1/p-2/b2*6-3-;;/t2*10-;;/m11../s1. The van der Waals surface area contributed by atoms with E-state index >= 15 is 0 Å². The van der Waals surface area contributed by atoms with Crippen molar-refractivity contribution in [3.63, 3.8) is 0 Å². The van der Waals surface area contributed by atoms with Gasteiger partial charge in [0.1, 0.15) is 22.3 Å². The third kappa shape index (κ3) is 6.07. The van der Waals surface area contributed by atoms with Gasteiger partial charge >= 0.3 is 71.1 Å². The minimum Gasteiger partial charge on any atom is -0.543 e. The molecular formula is C24H12N2Na2O12S2. The van der Waals surface area contributed by atoms with E-state index in [4.69, 9.17) is 19.0 Å². The maximum atomic E-state index is 11.9. The summed E-state index contributed by atoms with van der Waals surface area (Å²) in [7, 11) is 0. The summed E-state index contributed by atoms with van der Waals surface area (Å²) in [6.45, 7) is 0. The van der Waals surface area contributed by atoms with Crippen molar-refractivity contribution in [2.45, 2.75) is 10.7 Å². The Labute approximate surface area is 287 Å². The van der Waals surface area contributed by atoms with E-state index < -0.39 is 46.4 Å². The Bertz CT molecular complexity index is 1530. The van der Waals surface area contributed by atoms with Gasteiger partial charge in [-0.05, 0) is 47.2 Å². The van der Waals surface area contributed by atoms with E-state index in [9.17, 15) is 39.0 Å². The molecule has 0 saturated carbocycles. The second-order valence-electron chi connectivity index (χ2n) is 8.12. The molecule has 0 aromatic carbocycles. The van der Waals surface area contributed by atoms with E-state index in [1.807, 2.05) is 0 Å². The topological polar surface area (TPSA) is 222 Å². The van der Waals surface area contributed by atoms with Crippen LogP contribution in [0.2, 0.25) is 0 Å². The smallest absolute Gasteiger partial charge is 0.543 e. The molecule has 14 nitrogen and oxygen atoms in total. The van der Waals surface area contributed by atoms with Crippen LogP contribution in [0.4, 0.5) is 0 Å². The van der Waals surface area contributed by atoms with Gasteiger partial charge in [-0.15, -0.1) is 23.5 Å². The number of β-lactam (4-membered cyclic amide) rings is 2. The molecule has 2 saturated heterocycles. The number of carboxylic acids is 4. The van der Waals surface area contributed by atoms with Gasteiger partial charge in [0.15, 0.2) is 0 Å². The van der Waals surface area contributed by atoms with Gasteiger partial charge in [-0.2, -0.15) is 0 Å². The SMILES string of the molecule is O=C([O-])C1=CS[C@@H]2/C(=C\c3ccc(C(=O)O)o3)C(=O)N12.O=C([O-])C1=CS[C@@H]2/C(=C\c3ccc(C(=O)O)o3)C(=O)N12.[Na+].[Na+]. The fourth-order valence-electron chi connectivity index (χ4n) is 3.92. The molecule has 4 aliphatic rings. The van der Waals surface area contributed by atoms with Crippen LogP contribution in [0.15, 0.2) is 66.5 Å². The summed E-state index contributed by atoms with van der Waals surface area (Å²) in [4.78, 5) is 68.9. The average Bonchev–Trinajstić information content (AvgIpc) is 3.69. The first-order valence-electron chi connectivity index (χ1n) is 10.9. The summed E-state index contributed by atoms with van der Waals surface area (Å²) in [5, 5.41) is 40.9. The maximum Gasteiger partial charge on any atom is 1.00 e. The summed E-state index contributed by atoms with van der Waals surface area (Å²) in [5.41, 5.74) is 0.392. The van der Waals surface area contributed by atoms with Gasteiger partial charge in [0.2, 0.25) is 11.5 Å². The Morgan fingerprint density at radius 1 is 0.714 bits per heavy atom. The largest absolute Gasteiger partial charge is 1.00 e. The summed E-state index contributed by atoms with van der Waals surface area (Å²) < 4.78 is 10.0. The minimum atomic E-state index is -1.40. The Kier molecular flexibility index (Phi) is 10.5. The van der Waals surface area contributed by atoms with Gasteiger partial charge in [-0.3, -0.25) is 19.4 Å². The van der Waals surface area contributed by atoms with Crippen LogP contribution in [-0.2, 0) is 19.2 Å². The number of thioether (sulfide) groups is 2. The third-order valence-corrected chi connectivity index (χ3v) is 7.92. The second-order valence-corrected chi connectivity index (χ2v) is 10.0. The molecule has 204 valence electrons.